The summed E-state index contributed by atoms with van der Waals surface area (Å²) >= 11 is 4.14. The molecule has 1 heterocycles. The van der Waals surface area contributed by atoms with Crippen molar-refractivity contribution in [1.82, 2.24) is 4.98 Å². The topological polar surface area (TPSA) is 81.8 Å². The van der Waals surface area contributed by atoms with Crippen LogP contribution in [0.5, 0.6) is 0 Å². The number of carbonyl (C=O) groups is 1. The lowest BCUT2D eigenvalue weighted by Gasteiger charge is -2.10. The number of aromatic nitrogens is 1. The molecule has 0 radical (unpaired) electrons. The van der Waals surface area contributed by atoms with Gasteiger partial charge in [-0.25, -0.2) is 9.78 Å². The zero-order valence-corrected chi connectivity index (χ0v) is 19.5. The maximum Gasteiger partial charge on any atom is 0.416 e. The van der Waals surface area contributed by atoms with Crippen molar-refractivity contribution in [3.63, 3.8) is 0 Å². The number of nitrogens with zero attached hydrogens (tertiary/aromatic N) is 1. The average Bonchev–Trinajstić information content (AvgIpc) is 3.12. The molecule has 34 heavy (non-hydrogen) atoms. The van der Waals surface area contributed by atoms with Crippen LogP contribution in [0.2, 0.25) is 0 Å². The van der Waals surface area contributed by atoms with Gasteiger partial charge in [-0.1, -0.05) is 18.2 Å². The fraction of sp³-hybridized carbons (Fsp3) is 0.333. The van der Waals surface area contributed by atoms with Gasteiger partial charge in [0.2, 0.25) is 5.89 Å². The van der Waals surface area contributed by atoms with Gasteiger partial charge in [0.15, 0.2) is 0 Å². The van der Waals surface area contributed by atoms with Crippen molar-refractivity contribution < 1.29 is 37.0 Å². The predicted octanol–water partition coefficient (Wildman–Crippen LogP) is 6.09. The Bertz CT molecular complexity index is 1160. The molecule has 6 nitrogen and oxygen atoms in total. The Hall–Kier alpha value is -2.82. The lowest BCUT2D eigenvalue weighted by molar-refractivity contribution is -0.137. The second kappa shape index (κ2) is 11.1. The summed E-state index contributed by atoms with van der Waals surface area (Å²) in [6.07, 6.45) is -3.87. The van der Waals surface area contributed by atoms with Gasteiger partial charge in [-0.2, -0.15) is 13.2 Å². The number of carboxylic acid groups (broad SMARTS) is 1. The van der Waals surface area contributed by atoms with Gasteiger partial charge >= 0.3 is 12.1 Å². The monoisotopic (exact) mass is 495 g/mol. The highest BCUT2D eigenvalue weighted by atomic mass is 32.1. The highest BCUT2D eigenvalue weighted by molar-refractivity contribution is 7.80. The second-order valence-electron chi connectivity index (χ2n) is 7.62. The van der Waals surface area contributed by atoms with Gasteiger partial charge in [0, 0.05) is 18.1 Å². The summed E-state index contributed by atoms with van der Waals surface area (Å²) in [6.45, 7) is 4.55. The van der Waals surface area contributed by atoms with Gasteiger partial charge in [0.05, 0.1) is 29.9 Å². The van der Waals surface area contributed by atoms with Crippen molar-refractivity contribution in [3.8, 4) is 11.5 Å². The molecule has 1 aromatic heterocycles. The highest BCUT2D eigenvalue weighted by Crippen LogP contribution is 2.35. The molecule has 0 aliphatic carbocycles. The molecule has 0 aliphatic heterocycles. The maximum absolute atomic E-state index is 12.9. The van der Waals surface area contributed by atoms with Crippen molar-refractivity contribution in [2.45, 2.75) is 44.6 Å². The first-order valence-electron chi connectivity index (χ1n) is 10.4. The van der Waals surface area contributed by atoms with Crippen LogP contribution in [0.1, 0.15) is 44.9 Å². The van der Waals surface area contributed by atoms with E-state index in [1.165, 1.54) is 6.07 Å². The minimum Gasteiger partial charge on any atom is -0.478 e. The highest BCUT2D eigenvalue weighted by Gasteiger charge is 2.31. The largest absolute Gasteiger partial charge is 0.478 e. The Morgan fingerprint density at radius 2 is 1.82 bits per heavy atom. The van der Waals surface area contributed by atoms with Crippen molar-refractivity contribution in [3.05, 3.63) is 70.1 Å². The fourth-order valence-corrected chi connectivity index (χ4v) is 3.64. The van der Waals surface area contributed by atoms with E-state index in [4.69, 9.17) is 13.9 Å². The van der Waals surface area contributed by atoms with E-state index < -0.39 is 17.7 Å². The SMILES string of the molecule is Cc1cccc(COCCCOCc2nc(-c3ccc(C(F)(F)F)cc3S)oc2C)c1C(=O)O. The van der Waals surface area contributed by atoms with Crippen LogP contribution in [0.15, 0.2) is 45.7 Å². The molecule has 0 spiro atoms. The number of aryl methyl sites for hydroxylation is 2. The number of rotatable bonds is 10. The third kappa shape index (κ3) is 6.40. The molecule has 10 heteroatoms. The summed E-state index contributed by atoms with van der Waals surface area (Å²) < 4.78 is 55.3. The lowest BCUT2D eigenvalue weighted by atomic mass is 10.0. The van der Waals surface area contributed by atoms with E-state index in [0.717, 1.165) is 12.1 Å². The van der Waals surface area contributed by atoms with E-state index in [0.29, 0.717) is 47.8 Å². The molecule has 3 rings (SSSR count). The van der Waals surface area contributed by atoms with Crippen LogP contribution in [0, 0.1) is 13.8 Å². The first-order chi connectivity index (χ1) is 16.1. The van der Waals surface area contributed by atoms with E-state index in [9.17, 15) is 23.1 Å². The molecule has 0 saturated heterocycles. The molecule has 0 fully saturated rings. The van der Waals surface area contributed by atoms with Crippen LogP contribution in [0.3, 0.4) is 0 Å². The Labute approximate surface area is 200 Å². The molecular formula is C24H24F3NO5S. The number of hydrogen-bond acceptors (Lipinski definition) is 6. The number of aromatic carboxylic acids is 1. The first kappa shape index (κ1) is 25.8. The van der Waals surface area contributed by atoms with Gasteiger partial charge in [0.25, 0.3) is 0 Å². The maximum atomic E-state index is 12.9. The van der Waals surface area contributed by atoms with Crippen molar-refractivity contribution >= 4 is 18.6 Å². The molecular weight excluding hydrogens is 471 g/mol. The molecule has 1 N–H and O–H groups in total. The molecule has 0 bridgehead atoms. The van der Waals surface area contributed by atoms with E-state index in [1.54, 1.807) is 32.0 Å². The minimum absolute atomic E-state index is 0.111. The molecule has 2 aromatic carbocycles. The third-order valence-corrected chi connectivity index (χ3v) is 5.46. The summed E-state index contributed by atoms with van der Waals surface area (Å²) in [5.74, 6) is -0.311. The number of alkyl halides is 3. The minimum atomic E-state index is -4.45. The average molecular weight is 496 g/mol. The van der Waals surface area contributed by atoms with E-state index >= 15 is 0 Å². The lowest BCUT2D eigenvalue weighted by Crippen LogP contribution is -2.08. The number of benzene rings is 2. The van der Waals surface area contributed by atoms with E-state index in [-0.39, 0.29) is 29.6 Å². The first-order valence-corrected chi connectivity index (χ1v) is 10.9. The number of oxazole rings is 1. The molecule has 182 valence electrons. The van der Waals surface area contributed by atoms with Crippen molar-refractivity contribution in [2.75, 3.05) is 13.2 Å². The van der Waals surface area contributed by atoms with Crippen molar-refractivity contribution in [1.29, 1.82) is 0 Å². The van der Waals surface area contributed by atoms with Gasteiger partial charge in [0.1, 0.15) is 11.5 Å². The van der Waals surface area contributed by atoms with E-state index in [1.807, 2.05) is 0 Å². The van der Waals surface area contributed by atoms with Crippen LogP contribution >= 0.6 is 12.6 Å². The summed E-state index contributed by atoms with van der Waals surface area (Å²) in [6, 6.07) is 8.44. The summed E-state index contributed by atoms with van der Waals surface area (Å²) in [4.78, 5) is 15.8. The van der Waals surface area contributed by atoms with Gasteiger partial charge < -0.3 is 19.0 Å². The standard InChI is InChI=1S/C24H24F3NO5S/c1-14-5-3-6-16(21(14)23(29)30)12-31-9-4-10-32-13-19-15(2)33-22(28-19)18-8-7-17(11-20(18)34)24(25,26)27/h3,5-8,11,34H,4,9-10,12-13H2,1-2H3,(H,29,30). The number of carboxylic acids is 1. The Kier molecular flexibility index (Phi) is 8.40. The Balaban J connectivity index is 1.47. The van der Waals surface area contributed by atoms with E-state index in [2.05, 4.69) is 17.6 Å². The second-order valence-corrected chi connectivity index (χ2v) is 8.11. The third-order valence-electron chi connectivity index (χ3n) is 5.09. The van der Waals surface area contributed by atoms with Crippen LogP contribution in [-0.2, 0) is 28.9 Å². The molecule has 0 amide bonds. The summed E-state index contributed by atoms with van der Waals surface area (Å²) in [7, 11) is 0. The molecule has 3 aromatic rings. The van der Waals surface area contributed by atoms with Crippen LogP contribution in [0.4, 0.5) is 13.2 Å². The van der Waals surface area contributed by atoms with Crippen LogP contribution in [0.25, 0.3) is 11.5 Å². The van der Waals surface area contributed by atoms with Gasteiger partial charge in [-0.15, -0.1) is 12.6 Å². The summed E-state index contributed by atoms with van der Waals surface area (Å²) in [5.41, 5.74) is 1.65. The molecule has 0 atom stereocenters. The fourth-order valence-electron chi connectivity index (χ4n) is 3.33. The van der Waals surface area contributed by atoms with Crippen LogP contribution in [-0.4, -0.2) is 29.3 Å². The predicted molar refractivity (Wildman–Crippen MR) is 121 cm³/mol. The number of halogens is 3. The van der Waals surface area contributed by atoms with Gasteiger partial charge in [-0.05, 0) is 49.6 Å². The smallest absolute Gasteiger partial charge is 0.416 e. The van der Waals surface area contributed by atoms with Crippen LogP contribution < -0.4 is 0 Å². The molecule has 0 aliphatic rings. The quantitative estimate of drug-likeness (QED) is 0.262. The number of ether oxygens (including phenoxy) is 2. The zero-order chi connectivity index (χ0) is 24.9. The Morgan fingerprint density at radius 1 is 1.12 bits per heavy atom. The normalized spacial score (nSPS) is 11.7. The van der Waals surface area contributed by atoms with Gasteiger partial charge in [-0.3, -0.25) is 0 Å². The summed E-state index contributed by atoms with van der Waals surface area (Å²) in [5, 5.41) is 9.35. The zero-order valence-electron chi connectivity index (χ0n) is 18.6. The number of hydrogen-bond donors (Lipinski definition) is 2. The Morgan fingerprint density at radius 3 is 2.47 bits per heavy atom. The molecule has 0 saturated carbocycles. The number of thiol groups is 1. The van der Waals surface area contributed by atoms with Crippen molar-refractivity contribution in [2.24, 2.45) is 0 Å². The molecule has 0 unspecified atom stereocenters.